The second-order valence-electron chi connectivity index (χ2n) is 10.2. The second kappa shape index (κ2) is 10.6. The van der Waals surface area contributed by atoms with Gasteiger partial charge >= 0.3 is 0 Å². The molecule has 3 aromatic heterocycles. The summed E-state index contributed by atoms with van der Waals surface area (Å²) in [5, 5.41) is 9.26. The van der Waals surface area contributed by atoms with Gasteiger partial charge in [0.1, 0.15) is 0 Å². The average Bonchev–Trinajstić information content (AvgIpc) is 3.83. The number of fused-ring (bicyclic) bond motifs is 8. The van der Waals surface area contributed by atoms with Gasteiger partial charge in [-0.15, -0.1) is 0 Å². The lowest BCUT2D eigenvalue weighted by Gasteiger charge is -2.05. The zero-order valence-electron chi connectivity index (χ0n) is 22.4. The van der Waals surface area contributed by atoms with Crippen molar-refractivity contribution in [2.24, 2.45) is 0 Å². The largest absolute Gasteiger partial charge is 0.355 e. The molecule has 2 N–H and O–H groups in total. The predicted octanol–water partition coefficient (Wildman–Crippen LogP) is 8.84. The average molecular weight is 530 g/mol. The van der Waals surface area contributed by atoms with Gasteiger partial charge in [0.15, 0.2) is 0 Å². The molecule has 0 aliphatic carbocycles. The highest BCUT2D eigenvalue weighted by Crippen LogP contribution is 2.33. The molecule has 2 aliphatic rings. The number of nitrogens with zero attached hydrogens (tertiary/aromatic N) is 3. The van der Waals surface area contributed by atoms with Gasteiger partial charge in [-0.05, 0) is 78.6 Å². The Morgan fingerprint density at radius 2 is 1.07 bits per heavy atom. The molecule has 0 spiro atoms. The van der Waals surface area contributed by atoms with Crippen LogP contribution < -0.4 is 0 Å². The summed E-state index contributed by atoms with van der Waals surface area (Å²) in [5.41, 5.74) is 12.9. The van der Waals surface area contributed by atoms with Crippen LogP contribution in [0.2, 0.25) is 0 Å². The van der Waals surface area contributed by atoms with Crippen LogP contribution in [-0.2, 0) is 6.42 Å². The number of nitrogens with one attached hydrogen (secondary N) is 2. The van der Waals surface area contributed by atoms with Crippen molar-refractivity contribution in [2.75, 3.05) is 0 Å². The van der Waals surface area contributed by atoms with Crippen LogP contribution in [0, 0.1) is 11.3 Å². The Bertz CT molecular complexity index is 1880. The Labute approximate surface area is 238 Å². The van der Waals surface area contributed by atoms with Gasteiger partial charge in [-0.25, -0.2) is 9.97 Å². The molecular formula is C36H27N5. The van der Waals surface area contributed by atoms with Crippen molar-refractivity contribution in [3.63, 3.8) is 0 Å². The summed E-state index contributed by atoms with van der Waals surface area (Å²) >= 11 is 0. The van der Waals surface area contributed by atoms with E-state index in [1.165, 1.54) is 0 Å². The van der Waals surface area contributed by atoms with Crippen molar-refractivity contribution in [1.29, 1.82) is 5.26 Å². The van der Waals surface area contributed by atoms with E-state index in [2.05, 4.69) is 119 Å². The highest BCUT2D eigenvalue weighted by molar-refractivity contribution is 5.93. The lowest BCUT2D eigenvalue weighted by atomic mass is 10.0. The van der Waals surface area contributed by atoms with E-state index < -0.39 is 0 Å². The van der Waals surface area contributed by atoms with Gasteiger partial charge in [-0.3, -0.25) is 0 Å². The number of hydrogen-bond acceptors (Lipinski definition) is 3. The van der Waals surface area contributed by atoms with Gasteiger partial charge < -0.3 is 9.97 Å². The lowest BCUT2D eigenvalue weighted by Crippen LogP contribution is -1.95. The zero-order chi connectivity index (χ0) is 27.6. The van der Waals surface area contributed by atoms with E-state index in [1.54, 1.807) is 0 Å². The number of nitriles is 1. The minimum atomic E-state index is 0.487. The molecule has 0 unspecified atom stereocenters. The third-order valence-corrected chi connectivity index (χ3v) is 7.52. The van der Waals surface area contributed by atoms with Crippen LogP contribution in [0.25, 0.3) is 68.6 Å². The normalized spacial score (nSPS) is 12.0. The quantitative estimate of drug-likeness (QED) is 0.219. The molecule has 0 radical (unpaired) electrons. The highest BCUT2D eigenvalue weighted by Gasteiger charge is 2.17. The maximum Gasteiger partial charge on any atom is 0.0737 e. The first-order valence-corrected chi connectivity index (χ1v) is 13.9. The number of H-pyrrole nitrogens is 2. The molecule has 0 saturated heterocycles. The molecule has 2 aliphatic heterocycles. The minimum Gasteiger partial charge on any atom is -0.355 e. The molecule has 5 nitrogen and oxygen atoms in total. The molecule has 0 amide bonds. The molecule has 41 heavy (non-hydrogen) atoms. The molecule has 2 aromatic carbocycles. The molecule has 0 atom stereocenters. The van der Waals surface area contributed by atoms with Crippen LogP contribution in [0.5, 0.6) is 0 Å². The Morgan fingerprint density at radius 1 is 0.585 bits per heavy atom. The van der Waals surface area contributed by atoms with E-state index in [4.69, 9.17) is 9.97 Å². The Balaban J connectivity index is 1.60. The van der Waals surface area contributed by atoms with E-state index in [0.29, 0.717) is 6.42 Å². The van der Waals surface area contributed by atoms with Crippen molar-refractivity contribution in [2.45, 2.75) is 19.3 Å². The van der Waals surface area contributed by atoms with Crippen LogP contribution >= 0.6 is 0 Å². The SMILES string of the molecule is N#CCCCc1c2nc(c(-c3ccccc3)c3ccc(cc4ccc([nH]4)c(-c4ccccc4)c4nc1C=C4)[nH]3)C=C2. The first-order valence-electron chi connectivity index (χ1n) is 13.9. The number of aromatic nitrogens is 4. The van der Waals surface area contributed by atoms with Crippen molar-refractivity contribution in [3.05, 3.63) is 119 Å². The predicted molar refractivity (Wildman–Crippen MR) is 168 cm³/mol. The van der Waals surface area contributed by atoms with Crippen LogP contribution in [0.4, 0.5) is 0 Å². The van der Waals surface area contributed by atoms with Gasteiger partial charge in [0.2, 0.25) is 0 Å². The van der Waals surface area contributed by atoms with E-state index >= 15 is 0 Å². The van der Waals surface area contributed by atoms with Crippen molar-refractivity contribution in [3.8, 4) is 28.3 Å². The smallest absolute Gasteiger partial charge is 0.0737 e. The summed E-state index contributed by atoms with van der Waals surface area (Å²) in [6, 6.07) is 33.6. The molecule has 196 valence electrons. The highest BCUT2D eigenvalue weighted by atomic mass is 14.8. The monoisotopic (exact) mass is 529 g/mol. The maximum absolute atomic E-state index is 9.26. The van der Waals surface area contributed by atoms with Crippen molar-refractivity contribution >= 4 is 46.4 Å². The number of aromatic amines is 2. The fourth-order valence-electron chi connectivity index (χ4n) is 5.61. The summed E-state index contributed by atoms with van der Waals surface area (Å²) in [7, 11) is 0. The fourth-order valence-corrected chi connectivity index (χ4v) is 5.61. The lowest BCUT2D eigenvalue weighted by molar-refractivity contribution is 0.840. The molecule has 5 heterocycles. The molecule has 5 heteroatoms. The van der Waals surface area contributed by atoms with Crippen LogP contribution in [0.3, 0.4) is 0 Å². The first kappa shape index (κ1) is 24.6. The van der Waals surface area contributed by atoms with Crippen molar-refractivity contribution in [1.82, 2.24) is 19.9 Å². The topological polar surface area (TPSA) is 81.2 Å². The number of hydrogen-bond donors (Lipinski definition) is 2. The first-order chi connectivity index (χ1) is 20.3. The fraction of sp³-hybridized carbons (Fsp3) is 0.0833. The van der Waals surface area contributed by atoms with Gasteiger partial charge in [-0.2, -0.15) is 5.26 Å². The molecular weight excluding hydrogens is 502 g/mol. The maximum atomic E-state index is 9.26. The molecule has 0 fully saturated rings. The Kier molecular flexibility index (Phi) is 6.35. The van der Waals surface area contributed by atoms with Crippen LogP contribution in [0.15, 0.2) is 91.0 Å². The van der Waals surface area contributed by atoms with Crippen LogP contribution in [0.1, 0.15) is 41.2 Å². The summed E-state index contributed by atoms with van der Waals surface area (Å²) in [6.45, 7) is 0. The van der Waals surface area contributed by atoms with Gasteiger partial charge in [0.25, 0.3) is 0 Å². The summed E-state index contributed by atoms with van der Waals surface area (Å²) in [4.78, 5) is 17.6. The third kappa shape index (κ3) is 4.77. The molecule has 7 rings (SSSR count). The standard InChI is InChI=1S/C36H27N5/c37-22-8-7-13-28-29-18-20-33(40-29)35(24-9-3-1-4-10-24)31-16-14-26(38-31)23-27-15-17-32(39-27)36(25-11-5-2-6-12-25)34-21-19-30(28)41-34/h1-6,9-12,14-21,23,38-39H,7-8,13H2. The van der Waals surface area contributed by atoms with E-state index in [9.17, 15) is 5.26 Å². The summed E-state index contributed by atoms with van der Waals surface area (Å²) < 4.78 is 0. The summed E-state index contributed by atoms with van der Waals surface area (Å²) in [6.07, 6.45) is 10.3. The summed E-state index contributed by atoms with van der Waals surface area (Å²) in [5.74, 6) is 0. The zero-order valence-corrected chi connectivity index (χ0v) is 22.4. The van der Waals surface area contributed by atoms with Crippen LogP contribution in [-0.4, -0.2) is 19.9 Å². The molecule has 8 bridgehead atoms. The number of unbranched alkanes of at least 4 members (excludes halogenated alkanes) is 1. The minimum absolute atomic E-state index is 0.487. The molecule has 5 aromatic rings. The molecule has 0 saturated carbocycles. The third-order valence-electron chi connectivity index (χ3n) is 7.52. The number of benzene rings is 2. The van der Waals surface area contributed by atoms with Gasteiger partial charge in [0, 0.05) is 45.2 Å². The Hall–Kier alpha value is -5.47. The second-order valence-corrected chi connectivity index (χ2v) is 10.2. The van der Waals surface area contributed by atoms with Gasteiger partial charge in [-0.1, -0.05) is 60.7 Å². The van der Waals surface area contributed by atoms with Gasteiger partial charge in [0.05, 0.1) is 28.8 Å². The van der Waals surface area contributed by atoms with E-state index in [1.807, 2.05) is 12.1 Å². The number of rotatable bonds is 5. The Morgan fingerprint density at radius 3 is 1.56 bits per heavy atom. The van der Waals surface area contributed by atoms with E-state index in [-0.39, 0.29) is 0 Å². The van der Waals surface area contributed by atoms with Crippen molar-refractivity contribution < 1.29 is 0 Å². The van der Waals surface area contributed by atoms with E-state index in [0.717, 1.165) is 85.5 Å².